The molecule has 0 saturated carbocycles. The molecule has 0 fully saturated rings. The summed E-state index contributed by atoms with van der Waals surface area (Å²) < 4.78 is 0. The Morgan fingerprint density at radius 1 is 1.33 bits per heavy atom. The van der Waals surface area contributed by atoms with E-state index in [2.05, 4.69) is 24.6 Å². The van der Waals surface area contributed by atoms with Crippen LogP contribution in [0.4, 0.5) is 0 Å². The van der Waals surface area contributed by atoms with E-state index in [0.29, 0.717) is 15.0 Å². The van der Waals surface area contributed by atoms with Gasteiger partial charge in [0.05, 0.1) is 0 Å². The van der Waals surface area contributed by atoms with Crippen LogP contribution in [-0.4, -0.2) is 15.0 Å². The van der Waals surface area contributed by atoms with Crippen LogP contribution in [-0.2, 0) is 0 Å². The Bertz CT molecular complexity index is 96.9. The van der Waals surface area contributed by atoms with Crippen molar-refractivity contribution in [1.82, 2.24) is 0 Å². The molecule has 0 amide bonds. The Balaban J connectivity index is 2.96. The van der Waals surface area contributed by atoms with Gasteiger partial charge in [0, 0.05) is 0 Å². The first-order valence-electron chi connectivity index (χ1n) is 3.51. The van der Waals surface area contributed by atoms with Gasteiger partial charge >= 0.3 is 64.1 Å². The van der Waals surface area contributed by atoms with Crippen molar-refractivity contribution in [2.75, 3.05) is 0 Å². The molecule has 0 N–H and O–H groups in total. The van der Waals surface area contributed by atoms with Crippen LogP contribution in [0.25, 0.3) is 0 Å². The molecule has 0 rings (SSSR count). The predicted octanol–water partition coefficient (Wildman–Crippen LogP) is 2.28. The van der Waals surface area contributed by atoms with Gasteiger partial charge in [-0.05, 0) is 0 Å². The Labute approximate surface area is 64.6 Å². The van der Waals surface area contributed by atoms with E-state index in [1.54, 1.807) is 0 Å². The third-order valence-electron chi connectivity index (χ3n) is 0.944. The normalized spacial score (nSPS) is 8.22. The summed E-state index contributed by atoms with van der Waals surface area (Å²) in [7, 11) is 0. The van der Waals surface area contributed by atoms with E-state index >= 15 is 0 Å². The summed E-state index contributed by atoms with van der Waals surface area (Å²) in [6.45, 7) is 4.39. The van der Waals surface area contributed by atoms with Crippen molar-refractivity contribution in [3.8, 4) is 10.7 Å². The second kappa shape index (κ2) is 8.08. The van der Waals surface area contributed by atoms with Crippen molar-refractivity contribution < 1.29 is 0 Å². The molecule has 0 aromatic rings. The molecule has 1 heteroatoms. The quantitative estimate of drug-likeness (QED) is 0.363. The third-order valence-corrected chi connectivity index (χ3v) is 2.16. The summed E-state index contributed by atoms with van der Waals surface area (Å²) in [6.07, 6.45) is 3.65. The summed E-state index contributed by atoms with van der Waals surface area (Å²) in [5.41, 5.74) is 0. The van der Waals surface area contributed by atoms with Crippen LogP contribution in [0.5, 0.6) is 0 Å². The fourth-order valence-corrected chi connectivity index (χ4v) is 1.17. The molecular weight excluding hydrogens is 175 g/mol. The molecule has 0 aromatic carbocycles. The van der Waals surface area contributed by atoms with Gasteiger partial charge in [-0.3, -0.25) is 0 Å². The predicted molar refractivity (Wildman–Crippen MR) is 43.5 cm³/mol. The Kier molecular flexibility index (Phi) is 8.15. The van der Waals surface area contributed by atoms with Crippen LogP contribution in [0.15, 0.2) is 0 Å². The van der Waals surface area contributed by atoms with E-state index < -0.39 is 0 Å². The zero-order valence-electron chi connectivity index (χ0n) is 6.24. The van der Waals surface area contributed by atoms with Crippen molar-refractivity contribution >= 4 is 15.0 Å². The first-order chi connectivity index (χ1) is 4.41. The molecule has 52 valence electrons. The molecule has 9 heavy (non-hydrogen) atoms. The fraction of sp³-hybridized carbons (Fsp3) is 0.750. The van der Waals surface area contributed by atoms with Gasteiger partial charge in [-0.1, -0.05) is 0 Å². The second-order valence-electron chi connectivity index (χ2n) is 1.82. The molecule has 0 nitrogen and oxygen atoms in total. The van der Waals surface area contributed by atoms with Gasteiger partial charge in [-0.2, -0.15) is 0 Å². The Hall–Kier alpha value is 0.0795. The second-order valence-corrected chi connectivity index (χ2v) is 4.06. The van der Waals surface area contributed by atoms with E-state index in [1.165, 1.54) is 18.2 Å². The van der Waals surface area contributed by atoms with Crippen LogP contribution in [0.1, 0.15) is 33.1 Å². The van der Waals surface area contributed by atoms with Crippen LogP contribution in [0, 0.1) is 10.7 Å². The van der Waals surface area contributed by atoms with Crippen LogP contribution in [0.2, 0.25) is 5.32 Å². The Morgan fingerprint density at radius 2 is 2.11 bits per heavy atom. The van der Waals surface area contributed by atoms with Crippen molar-refractivity contribution in [3.63, 3.8) is 0 Å². The van der Waals surface area contributed by atoms with E-state index in [0.717, 1.165) is 6.42 Å². The van der Waals surface area contributed by atoms with Crippen molar-refractivity contribution in [2.45, 2.75) is 38.4 Å². The summed E-state index contributed by atoms with van der Waals surface area (Å²) in [6, 6.07) is 0. The Morgan fingerprint density at radius 3 is 2.67 bits per heavy atom. The summed E-state index contributed by atoms with van der Waals surface area (Å²) >= 11 is 0.605. The van der Waals surface area contributed by atoms with Crippen LogP contribution < -0.4 is 0 Å². The maximum absolute atomic E-state index is 3.18. The van der Waals surface area contributed by atoms with E-state index in [9.17, 15) is 0 Å². The topological polar surface area (TPSA) is 0 Å². The molecule has 0 aromatic heterocycles. The summed E-state index contributed by atoms with van der Waals surface area (Å²) in [5.74, 6) is 3.16. The van der Waals surface area contributed by atoms with Crippen LogP contribution in [0.3, 0.4) is 0 Å². The zero-order valence-corrected chi connectivity index (χ0v) is 7.95. The molecule has 0 heterocycles. The molecule has 0 saturated heterocycles. The van der Waals surface area contributed by atoms with Crippen molar-refractivity contribution in [1.29, 1.82) is 0 Å². The van der Waals surface area contributed by atoms with Gasteiger partial charge in [-0.25, -0.2) is 0 Å². The SMILES string of the molecule is CCCCC#C[Se]CC. The van der Waals surface area contributed by atoms with Crippen molar-refractivity contribution in [3.05, 3.63) is 0 Å². The maximum atomic E-state index is 3.18. The third kappa shape index (κ3) is 8.08. The first kappa shape index (κ1) is 9.08. The standard InChI is InChI=1S/C8H14Se/c1-3-5-6-7-8-9-4-2/h3-6H2,1-2H3. The fourth-order valence-electron chi connectivity index (χ4n) is 0.439. The number of hydrogen-bond donors (Lipinski definition) is 0. The minimum atomic E-state index is 0.605. The molecule has 0 spiro atoms. The molecular formula is C8H14Se. The monoisotopic (exact) mass is 190 g/mol. The summed E-state index contributed by atoms with van der Waals surface area (Å²) in [4.78, 5) is 3.18. The molecule has 0 radical (unpaired) electrons. The van der Waals surface area contributed by atoms with E-state index in [4.69, 9.17) is 0 Å². The molecule has 0 bridgehead atoms. The minimum absolute atomic E-state index is 0.605. The molecule has 0 aliphatic carbocycles. The van der Waals surface area contributed by atoms with Crippen molar-refractivity contribution in [2.24, 2.45) is 0 Å². The summed E-state index contributed by atoms with van der Waals surface area (Å²) in [5, 5.41) is 1.26. The van der Waals surface area contributed by atoms with Gasteiger partial charge < -0.3 is 0 Å². The van der Waals surface area contributed by atoms with Gasteiger partial charge in [0.2, 0.25) is 0 Å². The van der Waals surface area contributed by atoms with E-state index in [1.807, 2.05) is 0 Å². The zero-order chi connectivity index (χ0) is 6.95. The van der Waals surface area contributed by atoms with Gasteiger partial charge in [0.15, 0.2) is 0 Å². The number of rotatable bonds is 3. The van der Waals surface area contributed by atoms with Gasteiger partial charge in [0.25, 0.3) is 0 Å². The molecule has 0 atom stereocenters. The molecule has 0 aliphatic rings. The van der Waals surface area contributed by atoms with E-state index in [-0.39, 0.29) is 0 Å². The molecule has 0 aliphatic heterocycles. The average molecular weight is 189 g/mol. The number of hydrogen-bond acceptors (Lipinski definition) is 0. The van der Waals surface area contributed by atoms with Crippen LogP contribution >= 0.6 is 0 Å². The number of unbranched alkanes of at least 4 members (excludes halogenated alkanes) is 2. The van der Waals surface area contributed by atoms with Gasteiger partial charge in [0.1, 0.15) is 0 Å². The molecule has 0 unspecified atom stereocenters. The first-order valence-corrected chi connectivity index (χ1v) is 5.58. The average Bonchev–Trinajstić information content (AvgIpc) is 1.89. The van der Waals surface area contributed by atoms with Gasteiger partial charge in [-0.15, -0.1) is 0 Å².